The van der Waals surface area contributed by atoms with Crippen LogP contribution in [0.3, 0.4) is 0 Å². The smallest absolute Gasteiger partial charge is 0.227 e. The van der Waals surface area contributed by atoms with E-state index >= 15 is 0 Å². The summed E-state index contributed by atoms with van der Waals surface area (Å²) < 4.78 is 56.8. The molecule has 0 atom stereocenters. The first-order valence-electron chi connectivity index (χ1n) is 2.67. The van der Waals surface area contributed by atoms with Crippen LogP contribution in [0.4, 0.5) is 12.7 Å². The van der Waals surface area contributed by atoms with Gasteiger partial charge in [-0.2, -0.15) is 12.8 Å². The van der Waals surface area contributed by atoms with Gasteiger partial charge in [-0.25, -0.2) is 9.37 Å². The molecule has 1 heterocycles. The first-order chi connectivity index (χ1) is 5.41. The van der Waals surface area contributed by atoms with E-state index in [4.69, 9.17) is 0 Å². The van der Waals surface area contributed by atoms with Gasteiger partial charge >= 0.3 is 10.2 Å². The number of halogens is 3. The van der Waals surface area contributed by atoms with Crippen molar-refractivity contribution >= 4 is 10.2 Å². The van der Waals surface area contributed by atoms with Crippen molar-refractivity contribution in [1.29, 1.82) is 0 Å². The Labute approximate surface area is 66.1 Å². The highest BCUT2D eigenvalue weighted by Crippen LogP contribution is 2.15. The molecule has 0 aromatic carbocycles. The van der Waals surface area contributed by atoms with Crippen molar-refractivity contribution < 1.29 is 21.1 Å². The van der Waals surface area contributed by atoms with E-state index in [9.17, 15) is 21.1 Å². The zero-order chi connectivity index (χ0) is 9.35. The van der Waals surface area contributed by atoms with Crippen LogP contribution in [-0.4, -0.2) is 13.4 Å². The van der Waals surface area contributed by atoms with E-state index in [2.05, 4.69) is 4.98 Å². The molecule has 3 nitrogen and oxygen atoms in total. The molecule has 0 amide bonds. The van der Waals surface area contributed by atoms with Gasteiger partial charge in [-0.3, -0.25) is 0 Å². The van der Waals surface area contributed by atoms with Crippen LogP contribution in [0.1, 0.15) is 0 Å². The van der Waals surface area contributed by atoms with Crippen LogP contribution in [0.2, 0.25) is 0 Å². The molecule has 0 saturated carbocycles. The van der Waals surface area contributed by atoms with Gasteiger partial charge < -0.3 is 0 Å². The van der Waals surface area contributed by atoms with Crippen molar-refractivity contribution in [3.8, 4) is 0 Å². The second-order valence-electron chi connectivity index (χ2n) is 1.88. The predicted molar refractivity (Wildman–Crippen MR) is 32.4 cm³/mol. The lowest BCUT2D eigenvalue weighted by atomic mass is 10.5. The van der Waals surface area contributed by atoms with Crippen molar-refractivity contribution in [1.82, 2.24) is 4.98 Å². The molecule has 0 N–H and O–H groups in total. The van der Waals surface area contributed by atoms with Crippen LogP contribution in [0.25, 0.3) is 0 Å². The number of aromatic nitrogens is 1. The van der Waals surface area contributed by atoms with Crippen LogP contribution < -0.4 is 0 Å². The van der Waals surface area contributed by atoms with Crippen LogP contribution in [0.5, 0.6) is 0 Å². The van der Waals surface area contributed by atoms with Crippen LogP contribution in [0, 0.1) is 11.8 Å². The van der Waals surface area contributed by atoms with Crippen molar-refractivity contribution in [2.45, 2.75) is 4.90 Å². The molecule has 0 unspecified atom stereocenters. The van der Waals surface area contributed by atoms with Crippen LogP contribution in [0.15, 0.2) is 17.2 Å². The molecule has 0 spiro atoms. The fourth-order valence-electron chi connectivity index (χ4n) is 0.574. The van der Waals surface area contributed by atoms with E-state index in [-0.39, 0.29) is 12.3 Å². The standard InChI is InChI=1S/C5H2F3NO2S/c6-3-1-5(7)9-2-4(3)12(8,10)11/h1-2H. The Kier molecular flexibility index (Phi) is 2.05. The summed E-state index contributed by atoms with van der Waals surface area (Å²) >= 11 is 0. The number of hydrogen-bond donors (Lipinski definition) is 0. The molecule has 12 heavy (non-hydrogen) atoms. The SMILES string of the molecule is O=S(=O)(F)c1cnc(F)cc1F. The van der Waals surface area contributed by atoms with Gasteiger partial charge in [0.05, 0.1) is 6.20 Å². The van der Waals surface area contributed by atoms with Gasteiger partial charge in [-0.05, 0) is 0 Å². The summed E-state index contributed by atoms with van der Waals surface area (Å²) in [6, 6.07) is 0.187. The maximum Gasteiger partial charge on any atom is 0.336 e. The third kappa shape index (κ3) is 1.73. The summed E-state index contributed by atoms with van der Waals surface area (Å²) in [4.78, 5) is 1.52. The number of pyridine rings is 1. The molecule has 0 saturated heterocycles. The number of rotatable bonds is 1. The van der Waals surface area contributed by atoms with E-state index in [0.29, 0.717) is 0 Å². The van der Waals surface area contributed by atoms with E-state index < -0.39 is 26.9 Å². The van der Waals surface area contributed by atoms with E-state index in [0.717, 1.165) is 0 Å². The Balaban J connectivity index is 3.39. The maximum absolute atomic E-state index is 12.4. The monoisotopic (exact) mass is 197 g/mol. The summed E-state index contributed by atoms with van der Waals surface area (Å²) in [6.07, 6.45) is 0.278. The van der Waals surface area contributed by atoms with E-state index in [1.165, 1.54) is 0 Å². The normalized spacial score (nSPS) is 11.6. The minimum Gasteiger partial charge on any atom is -0.227 e. The minimum absolute atomic E-state index is 0.187. The van der Waals surface area contributed by atoms with Gasteiger partial charge in [0.25, 0.3) is 0 Å². The van der Waals surface area contributed by atoms with Gasteiger partial charge in [0.2, 0.25) is 5.95 Å². The number of hydrogen-bond acceptors (Lipinski definition) is 3. The highest BCUT2D eigenvalue weighted by atomic mass is 32.3. The first kappa shape index (κ1) is 8.98. The lowest BCUT2D eigenvalue weighted by Gasteiger charge is -1.94. The van der Waals surface area contributed by atoms with Gasteiger partial charge in [0.15, 0.2) is 10.7 Å². The highest BCUT2D eigenvalue weighted by molar-refractivity contribution is 7.86. The fraction of sp³-hybridized carbons (Fsp3) is 0. The summed E-state index contributed by atoms with van der Waals surface area (Å²) in [6.45, 7) is 0. The summed E-state index contributed by atoms with van der Waals surface area (Å²) in [7, 11) is -5.15. The fourth-order valence-corrected chi connectivity index (χ4v) is 1.04. The van der Waals surface area contributed by atoms with Gasteiger partial charge in [0.1, 0.15) is 0 Å². The van der Waals surface area contributed by atoms with Crippen molar-refractivity contribution in [2.24, 2.45) is 0 Å². The Morgan fingerprint density at radius 2 is 1.92 bits per heavy atom. The zero-order valence-corrected chi connectivity index (χ0v) is 6.28. The molecule has 0 radical (unpaired) electrons. The molecule has 0 bridgehead atoms. The Bertz CT molecular complexity index is 403. The van der Waals surface area contributed by atoms with Crippen LogP contribution in [-0.2, 0) is 10.2 Å². The first-order valence-corrected chi connectivity index (χ1v) is 4.05. The largest absolute Gasteiger partial charge is 0.336 e. The topological polar surface area (TPSA) is 47.0 Å². The summed E-state index contributed by atoms with van der Waals surface area (Å²) in [5.74, 6) is -2.70. The predicted octanol–water partition coefficient (Wildman–Crippen LogP) is 1.02. The van der Waals surface area contributed by atoms with Crippen molar-refractivity contribution in [3.05, 3.63) is 24.0 Å². The third-order valence-electron chi connectivity index (χ3n) is 1.05. The Morgan fingerprint density at radius 3 is 2.33 bits per heavy atom. The quantitative estimate of drug-likeness (QED) is 0.498. The molecule has 0 aliphatic carbocycles. The molecular weight excluding hydrogens is 195 g/mol. The maximum atomic E-state index is 12.4. The highest BCUT2D eigenvalue weighted by Gasteiger charge is 2.18. The zero-order valence-electron chi connectivity index (χ0n) is 5.46. The molecule has 1 aromatic rings. The molecule has 1 aromatic heterocycles. The van der Waals surface area contributed by atoms with Gasteiger partial charge in [-0.1, -0.05) is 0 Å². The summed E-state index contributed by atoms with van der Waals surface area (Å²) in [5, 5.41) is 0. The van der Waals surface area contributed by atoms with E-state index in [1.807, 2.05) is 0 Å². The Hall–Kier alpha value is -1.11. The molecule has 7 heteroatoms. The van der Waals surface area contributed by atoms with Crippen LogP contribution >= 0.6 is 0 Å². The molecule has 0 fully saturated rings. The lowest BCUT2D eigenvalue weighted by Crippen LogP contribution is -1.98. The molecule has 0 aliphatic heterocycles. The van der Waals surface area contributed by atoms with Crippen molar-refractivity contribution in [2.75, 3.05) is 0 Å². The molecule has 0 aliphatic rings. The molecule has 66 valence electrons. The second-order valence-corrected chi connectivity index (χ2v) is 3.19. The summed E-state index contributed by atoms with van der Waals surface area (Å²) in [5.41, 5.74) is 0. The second kappa shape index (κ2) is 2.74. The third-order valence-corrected chi connectivity index (χ3v) is 1.87. The van der Waals surface area contributed by atoms with E-state index in [1.54, 1.807) is 0 Å². The lowest BCUT2D eigenvalue weighted by molar-refractivity contribution is 0.513. The Morgan fingerprint density at radius 1 is 1.33 bits per heavy atom. The van der Waals surface area contributed by atoms with Crippen molar-refractivity contribution in [3.63, 3.8) is 0 Å². The van der Waals surface area contributed by atoms with Gasteiger partial charge in [0, 0.05) is 6.07 Å². The number of nitrogens with zero attached hydrogens (tertiary/aromatic N) is 1. The average Bonchev–Trinajstić information content (AvgIpc) is 1.83. The average molecular weight is 197 g/mol. The minimum atomic E-state index is -5.15. The molecular formula is C5H2F3NO2S. The van der Waals surface area contributed by atoms with Gasteiger partial charge in [-0.15, -0.1) is 3.89 Å². The molecule has 1 rings (SSSR count).